The van der Waals surface area contributed by atoms with Crippen LogP contribution in [0.15, 0.2) is 60.7 Å². The van der Waals surface area contributed by atoms with Crippen LogP contribution < -0.4 is 0 Å². The fourth-order valence-electron chi connectivity index (χ4n) is 1.79. The summed E-state index contributed by atoms with van der Waals surface area (Å²) in [5.41, 5.74) is 6.34. The molecule has 0 aliphatic heterocycles. The highest BCUT2D eigenvalue weighted by molar-refractivity contribution is 7.13. The summed E-state index contributed by atoms with van der Waals surface area (Å²) in [6.45, 7) is 0. The Morgan fingerprint density at radius 3 is 2.00 bits per heavy atom. The van der Waals surface area contributed by atoms with Gasteiger partial charge in [-0.15, -0.1) is 11.3 Å². The number of nitrogens with zero attached hydrogens (tertiary/aromatic N) is 1. The molecule has 2 heteroatoms. The molecular weight excluding hydrogens is 226 g/mol. The summed E-state index contributed by atoms with van der Waals surface area (Å²) in [5, 5.41) is 0. The molecule has 0 N–H and O–H groups in total. The molecule has 0 amide bonds. The molecule has 0 unspecified atom stereocenters. The van der Waals surface area contributed by atoms with Crippen molar-refractivity contribution < 1.29 is 0 Å². The smallest absolute Gasteiger partial charge is 0.153 e. The van der Waals surface area contributed by atoms with Gasteiger partial charge in [-0.3, -0.25) is 0 Å². The van der Waals surface area contributed by atoms with E-state index in [-0.39, 0.29) is 0 Å². The van der Waals surface area contributed by atoms with Crippen molar-refractivity contribution in [1.29, 1.82) is 0 Å². The van der Waals surface area contributed by atoms with Crippen molar-refractivity contribution in [3.8, 4) is 21.7 Å². The molecule has 17 heavy (non-hydrogen) atoms. The van der Waals surface area contributed by atoms with Gasteiger partial charge in [-0.1, -0.05) is 60.7 Å². The van der Waals surface area contributed by atoms with Crippen LogP contribution in [0.5, 0.6) is 0 Å². The van der Waals surface area contributed by atoms with Crippen molar-refractivity contribution in [1.82, 2.24) is 4.98 Å². The van der Waals surface area contributed by atoms with E-state index in [1.54, 1.807) is 11.3 Å². The molecule has 1 aromatic heterocycles. The van der Waals surface area contributed by atoms with Crippen LogP contribution in [0.3, 0.4) is 0 Å². The Morgan fingerprint density at radius 2 is 1.35 bits per heavy atom. The third-order valence-corrected chi connectivity index (χ3v) is 3.42. The zero-order chi connectivity index (χ0) is 11.5. The molecule has 0 spiro atoms. The fraction of sp³-hybridized carbons (Fsp3) is 0. The fourth-order valence-corrected chi connectivity index (χ4v) is 2.53. The maximum atomic E-state index is 4.36. The van der Waals surface area contributed by atoms with Crippen molar-refractivity contribution in [3.63, 3.8) is 0 Å². The molecule has 0 aliphatic carbocycles. The lowest BCUT2D eigenvalue weighted by atomic mass is 10.1. The molecule has 2 aromatic carbocycles. The van der Waals surface area contributed by atoms with Crippen LogP contribution in [-0.4, -0.2) is 4.98 Å². The molecule has 0 fully saturated rings. The van der Waals surface area contributed by atoms with E-state index in [1.165, 1.54) is 10.4 Å². The maximum Gasteiger partial charge on any atom is 0.153 e. The molecule has 1 nitrogen and oxygen atoms in total. The summed E-state index contributed by atoms with van der Waals surface area (Å²) in [6, 6.07) is 20.6. The number of hydrogen-bond acceptors (Lipinski definition) is 2. The Bertz CT molecular complexity index is 545. The third-order valence-electron chi connectivity index (χ3n) is 2.60. The third kappa shape index (κ3) is 1.99. The van der Waals surface area contributed by atoms with Crippen molar-refractivity contribution in [3.05, 3.63) is 66.2 Å². The first-order valence-electron chi connectivity index (χ1n) is 5.43. The summed E-state index contributed by atoms with van der Waals surface area (Å²) in [4.78, 5) is 5.53. The molecule has 81 valence electrons. The van der Waals surface area contributed by atoms with Crippen molar-refractivity contribution in [2.45, 2.75) is 0 Å². The average molecular weight is 236 g/mol. The largest absolute Gasteiger partial charge is 0.233 e. The Morgan fingerprint density at radius 1 is 0.765 bits per heavy atom. The predicted molar refractivity (Wildman–Crippen MR) is 71.8 cm³/mol. The van der Waals surface area contributed by atoms with Gasteiger partial charge in [0.2, 0.25) is 0 Å². The van der Waals surface area contributed by atoms with Gasteiger partial charge in [0, 0.05) is 5.56 Å². The van der Waals surface area contributed by atoms with Crippen molar-refractivity contribution >= 4 is 11.3 Å². The normalized spacial score (nSPS) is 10.4. The second-order valence-electron chi connectivity index (χ2n) is 3.71. The van der Waals surface area contributed by atoms with Gasteiger partial charge in [0.05, 0.1) is 10.6 Å². The van der Waals surface area contributed by atoms with Crippen LogP contribution >= 0.6 is 11.3 Å². The zero-order valence-corrected chi connectivity index (χ0v) is 9.95. The van der Waals surface area contributed by atoms with Crippen LogP contribution in [0.25, 0.3) is 21.7 Å². The molecule has 1 radical (unpaired) electrons. The first kappa shape index (κ1) is 10.2. The van der Waals surface area contributed by atoms with Gasteiger partial charge in [0.15, 0.2) is 5.51 Å². The summed E-state index contributed by atoms with van der Waals surface area (Å²) >= 11 is 1.56. The SMILES string of the molecule is [c]1nc(-c2ccccc2)c(-c2ccccc2)s1. The summed E-state index contributed by atoms with van der Waals surface area (Å²) in [6.07, 6.45) is 0. The van der Waals surface area contributed by atoms with E-state index in [0.717, 1.165) is 11.3 Å². The van der Waals surface area contributed by atoms with Crippen LogP contribution in [0.1, 0.15) is 0 Å². The van der Waals surface area contributed by atoms with Crippen LogP contribution in [0.4, 0.5) is 0 Å². The maximum absolute atomic E-state index is 4.36. The van der Waals surface area contributed by atoms with E-state index in [9.17, 15) is 0 Å². The minimum absolute atomic E-state index is 1.02. The monoisotopic (exact) mass is 236 g/mol. The highest BCUT2D eigenvalue weighted by atomic mass is 32.1. The second-order valence-corrected chi connectivity index (χ2v) is 4.51. The van der Waals surface area contributed by atoms with Gasteiger partial charge >= 0.3 is 0 Å². The lowest BCUT2D eigenvalue weighted by Gasteiger charge is -2.02. The van der Waals surface area contributed by atoms with E-state index in [0.29, 0.717) is 0 Å². The van der Waals surface area contributed by atoms with Gasteiger partial charge in [0.1, 0.15) is 0 Å². The van der Waals surface area contributed by atoms with Gasteiger partial charge in [-0.25, -0.2) is 4.98 Å². The van der Waals surface area contributed by atoms with E-state index >= 15 is 0 Å². The number of thiazole rings is 1. The first-order chi connectivity index (χ1) is 8.45. The van der Waals surface area contributed by atoms with Gasteiger partial charge in [0.25, 0.3) is 0 Å². The lowest BCUT2D eigenvalue weighted by Crippen LogP contribution is -1.80. The summed E-state index contributed by atoms with van der Waals surface area (Å²) in [7, 11) is 0. The van der Waals surface area contributed by atoms with Gasteiger partial charge in [-0.2, -0.15) is 0 Å². The van der Waals surface area contributed by atoms with E-state index in [4.69, 9.17) is 0 Å². The van der Waals surface area contributed by atoms with Crippen LogP contribution in [0, 0.1) is 5.51 Å². The standard InChI is InChI=1S/C15H10NS/c1-3-7-12(8-4-1)14-15(17-11-16-14)13-9-5-2-6-10-13/h1-10H. The van der Waals surface area contributed by atoms with Crippen LogP contribution in [-0.2, 0) is 0 Å². The summed E-state index contributed by atoms with van der Waals surface area (Å²) < 4.78 is 0. The predicted octanol–water partition coefficient (Wildman–Crippen LogP) is 4.28. The summed E-state index contributed by atoms with van der Waals surface area (Å²) in [5.74, 6) is 0. The Balaban J connectivity index is 2.13. The molecule has 1 heterocycles. The molecule has 0 bridgehead atoms. The zero-order valence-electron chi connectivity index (χ0n) is 9.13. The quantitative estimate of drug-likeness (QED) is 0.647. The van der Waals surface area contributed by atoms with Crippen molar-refractivity contribution in [2.24, 2.45) is 0 Å². The molecule has 0 saturated heterocycles. The highest BCUT2D eigenvalue weighted by Gasteiger charge is 2.09. The number of rotatable bonds is 2. The van der Waals surface area contributed by atoms with E-state index in [1.807, 2.05) is 36.4 Å². The first-order valence-corrected chi connectivity index (χ1v) is 6.24. The minimum atomic E-state index is 1.02. The van der Waals surface area contributed by atoms with Gasteiger partial charge in [-0.05, 0) is 5.56 Å². The van der Waals surface area contributed by atoms with Crippen LogP contribution in [0.2, 0.25) is 0 Å². The number of aromatic nitrogens is 1. The Labute approximate surface area is 104 Å². The van der Waals surface area contributed by atoms with Gasteiger partial charge < -0.3 is 0 Å². The Kier molecular flexibility index (Phi) is 2.72. The molecule has 3 aromatic rings. The lowest BCUT2D eigenvalue weighted by molar-refractivity contribution is 1.40. The number of benzene rings is 2. The molecule has 0 atom stereocenters. The Hall–Kier alpha value is -1.93. The van der Waals surface area contributed by atoms with Crippen molar-refractivity contribution in [2.75, 3.05) is 0 Å². The molecule has 0 aliphatic rings. The average Bonchev–Trinajstić information content (AvgIpc) is 2.90. The molecular formula is C15H10NS. The number of hydrogen-bond donors (Lipinski definition) is 0. The topological polar surface area (TPSA) is 12.9 Å². The second kappa shape index (κ2) is 4.52. The molecule has 3 rings (SSSR count). The van der Waals surface area contributed by atoms with E-state index in [2.05, 4.69) is 34.8 Å². The minimum Gasteiger partial charge on any atom is -0.233 e. The molecule has 0 saturated carbocycles. The van der Waals surface area contributed by atoms with E-state index < -0.39 is 0 Å². The highest BCUT2D eigenvalue weighted by Crippen LogP contribution is 2.33.